The van der Waals surface area contributed by atoms with Gasteiger partial charge in [-0.2, -0.15) is 0 Å². The van der Waals surface area contributed by atoms with Crippen molar-refractivity contribution >= 4 is 11.9 Å². The van der Waals surface area contributed by atoms with Crippen molar-refractivity contribution in [2.24, 2.45) is 0 Å². The van der Waals surface area contributed by atoms with Crippen molar-refractivity contribution in [2.45, 2.75) is 51.5 Å². The van der Waals surface area contributed by atoms with Gasteiger partial charge in [-0.05, 0) is 26.2 Å². The molecule has 2 rings (SSSR count). The van der Waals surface area contributed by atoms with Crippen LogP contribution < -0.4 is 5.32 Å². The largest absolute Gasteiger partial charge is 0.476 e. The molecule has 1 saturated carbocycles. The van der Waals surface area contributed by atoms with E-state index in [2.05, 4.69) is 22.6 Å². The number of unbranched alkanes of at least 4 members (excludes halogenated alkanes) is 1. The smallest absolute Gasteiger partial charge is 0.358 e. The van der Waals surface area contributed by atoms with Crippen LogP contribution >= 0.6 is 0 Å². The van der Waals surface area contributed by atoms with Gasteiger partial charge in [0.25, 0.3) is 0 Å². The van der Waals surface area contributed by atoms with Crippen LogP contribution in [0.25, 0.3) is 0 Å². The molecule has 7 nitrogen and oxygen atoms in total. The summed E-state index contributed by atoms with van der Waals surface area (Å²) in [5.74, 6) is -1.07. The monoisotopic (exact) mass is 280 g/mol. The van der Waals surface area contributed by atoms with Crippen molar-refractivity contribution in [3.05, 3.63) is 11.4 Å². The molecule has 20 heavy (non-hydrogen) atoms. The molecule has 1 heterocycles. The first-order chi connectivity index (χ1) is 9.56. The van der Waals surface area contributed by atoms with Crippen LogP contribution in [-0.2, 0) is 4.79 Å². The van der Waals surface area contributed by atoms with Gasteiger partial charge in [-0.15, -0.1) is 5.10 Å². The summed E-state index contributed by atoms with van der Waals surface area (Å²) in [6.07, 6.45) is 3.79. The van der Waals surface area contributed by atoms with E-state index in [1.54, 1.807) is 6.92 Å². The van der Waals surface area contributed by atoms with E-state index >= 15 is 0 Å². The molecule has 110 valence electrons. The number of nitrogens with zero attached hydrogens (tertiary/aromatic N) is 3. The molecule has 1 aliphatic carbocycles. The maximum Gasteiger partial charge on any atom is 0.358 e. The van der Waals surface area contributed by atoms with E-state index in [9.17, 15) is 9.59 Å². The summed E-state index contributed by atoms with van der Waals surface area (Å²) < 4.78 is 1.46. The van der Waals surface area contributed by atoms with E-state index in [0.717, 1.165) is 25.7 Å². The molecule has 0 aromatic carbocycles. The van der Waals surface area contributed by atoms with Gasteiger partial charge in [0.05, 0.1) is 5.69 Å². The lowest BCUT2D eigenvalue weighted by molar-refractivity contribution is -0.124. The lowest BCUT2D eigenvalue weighted by Gasteiger charge is -2.14. The first-order valence-corrected chi connectivity index (χ1v) is 7.02. The van der Waals surface area contributed by atoms with E-state index < -0.39 is 12.0 Å². The van der Waals surface area contributed by atoms with Gasteiger partial charge >= 0.3 is 5.97 Å². The summed E-state index contributed by atoms with van der Waals surface area (Å²) in [6.45, 7) is 4.39. The number of aromatic carboxylic acids is 1. The maximum atomic E-state index is 12.0. The van der Waals surface area contributed by atoms with Crippen LogP contribution in [0.4, 0.5) is 0 Å². The van der Waals surface area contributed by atoms with Crippen molar-refractivity contribution in [2.75, 3.05) is 6.54 Å². The highest BCUT2D eigenvalue weighted by Gasteiger charge is 2.35. The van der Waals surface area contributed by atoms with Crippen LogP contribution in [0.5, 0.6) is 0 Å². The van der Waals surface area contributed by atoms with Gasteiger partial charge in [0.2, 0.25) is 5.91 Å². The molecule has 0 aliphatic heterocycles. The van der Waals surface area contributed by atoms with Crippen molar-refractivity contribution in [3.8, 4) is 0 Å². The molecule has 1 aliphatic rings. The van der Waals surface area contributed by atoms with Gasteiger partial charge in [-0.25, -0.2) is 9.48 Å². The molecule has 1 aromatic rings. The molecule has 0 saturated heterocycles. The third kappa shape index (κ3) is 2.97. The SMILES string of the molecule is CCCCNC(=O)C(C)n1nnc(C(=O)O)c1C1CC1. The summed E-state index contributed by atoms with van der Waals surface area (Å²) in [6, 6.07) is -0.539. The Morgan fingerprint density at radius 2 is 2.20 bits per heavy atom. The molecule has 1 amide bonds. The number of carbonyl (C=O) groups excluding carboxylic acids is 1. The molecule has 1 atom stereocenters. The second-order valence-corrected chi connectivity index (χ2v) is 5.17. The zero-order valence-corrected chi connectivity index (χ0v) is 11.8. The first-order valence-electron chi connectivity index (χ1n) is 7.02. The minimum absolute atomic E-state index is 0.0271. The number of hydrogen-bond donors (Lipinski definition) is 2. The number of nitrogens with one attached hydrogen (secondary N) is 1. The van der Waals surface area contributed by atoms with Crippen molar-refractivity contribution < 1.29 is 14.7 Å². The van der Waals surface area contributed by atoms with Gasteiger partial charge in [-0.3, -0.25) is 4.79 Å². The van der Waals surface area contributed by atoms with Crippen LogP contribution in [0.3, 0.4) is 0 Å². The van der Waals surface area contributed by atoms with Gasteiger partial charge < -0.3 is 10.4 Å². The fourth-order valence-electron chi connectivity index (χ4n) is 2.12. The lowest BCUT2D eigenvalue weighted by Crippen LogP contribution is -2.33. The quantitative estimate of drug-likeness (QED) is 0.734. The Labute approximate surface area is 117 Å². The van der Waals surface area contributed by atoms with E-state index in [4.69, 9.17) is 5.11 Å². The highest BCUT2D eigenvalue weighted by atomic mass is 16.4. The summed E-state index contributed by atoms with van der Waals surface area (Å²) >= 11 is 0. The van der Waals surface area contributed by atoms with Crippen LogP contribution in [0, 0.1) is 0 Å². The summed E-state index contributed by atoms with van der Waals surface area (Å²) in [5.41, 5.74) is 0.552. The van der Waals surface area contributed by atoms with Crippen LogP contribution in [0.2, 0.25) is 0 Å². The van der Waals surface area contributed by atoms with E-state index in [1.807, 2.05) is 0 Å². The molecule has 1 fully saturated rings. The Hall–Kier alpha value is -1.92. The van der Waals surface area contributed by atoms with Crippen molar-refractivity contribution in [3.63, 3.8) is 0 Å². The highest BCUT2D eigenvalue weighted by molar-refractivity contribution is 5.87. The number of carboxylic acids is 1. The third-order valence-electron chi connectivity index (χ3n) is 3.47. The van der Waals surface area contributed by atoms with Crippen LogP contribution in [0.15, 0.2) is 0 Å². The lowest BCUT2D eigenvalue weighted by atomic mass is 10.2. The van der Waals surface area contributed by atoms with Gasteiger partial charge in [-0.1, -0.05) is 18.6 Å². The predicted molar refractivity (Wildman–Crippen MR) is 71.6 cm³/mol. The Morgan fingerprint density at radius 1 is 1.50 bits per heavy atom. The van der Waals surface area contributed by atoms with Crippen LogP contribution in [0.1, 0.15) is 67.7 Å². The fourth-order valence-corrected chi connectivity index (χ4v) is 2.12. The molecule has 0 radical (unpaired) electrons. The predicted octanol–water partition coefficient (Wildman–Crippen LogP) is 1.33. The molecule has 0 bridgehead atoms. The van der Waals surface area contributed by atoms with Crippen molar-refractivity contribution in [1.82, 2.24) is 20.3 Å². The number of aromatic nitrogens is 3. The van der Waals surface area contributed by atoms with Gasteiger partial charge in [0, 0.05) is 12.5 Å². The third-order valence-corrected chi connectivity index (χ3v) is 3.47. The number of carbonyl (C=O) groups is 2. The Balaban J connectivity index is 2.15. The molecule has 7 heteroatoms. The fraction of sp³-hybridized carbons (Fsp3) is 0.692. The molecule has 1 aromatic heterocycles. The van der Waals surface area contributed by atoms with Gasteiger partial charge in [0.1, 0.15) is 6.04 Å². The molecule has 2 N–H and O–H groups in total. The zero-order valence-electron chi connectivity index (χ0n) is 11.8. The summed E-state index contributed by atoms with van der Waals surface area (Å²) in [4.78, 5) is 23.2. The molecule has 1 unspecified atom stereocenters. The second-order valence-electron chi connectivity index (χ2n) is 5.17. The number of carboxylic acid groups (broad SMARTS) is 1. The minimum atomic E-state index is -1.09. The second kappa shape index (κ2) is 6.02. The van der Waals surface area contributed by atoms with Gasteiger partial charge in [0.15, 0.2) is 5.69 Å². The molecular weight excluding hydrogens is 260 g/mol. The van der Waals surface area contributed by atoms with E-state index in [-0.39, 0.29) is 17.5 Å². The Kier molecular flexibility index (Phi) is 4.36. The summed E-state index contributed by atoms with van der Waals surface area (Å²) in [5, 5.41) is 19.5. The Bertz CT molecular complexity index is 508. The molecular formula is C13H20N4O3. The first kappa shape index (κ1) is 14.5. The topological polar surface area (TPSA) is 97.1 Å². The van der Waals surface area contributed by atoms with Crippen molar-refractivity contribution in [1.29, 1.82) is 0 Å². The van der Waals surface area contributed by atoms with E-state index in [1.165, 1.54) is 4.68 Å². The average Bonchev–Trinajstić information content (AvgIpc) is 3.16. The number of rotatable bonds is 7. The Morgan fingerprint density at radius 3 is 2.75 bits per heavy atom. The number of amides is 1. The molecule has 0 spiro atoms. The average molecular weight is 280 g/mol. The van der Waals surface area contributed by atoms with Crippen LogP contribution in [-0.4, -0.2) is 38.5 Å². The highest BCUT2D eigenvalue weighted by Crippen LogP contribution is 2.41. The number of hydrogen-bond acceptors (Lipinski definition) is 4. The summed E-state index contributed by atoms with van der Waals surface area (Å²) in [7, 11) is 0. The minimum Gasteiger partial charge on any atom is -0.476 e. The standard InChI is InChI=1S/C13H20N4O3/c1-3-4-7-14-12(18)8(2)17-11(9-5-6-9)10(13(19)20)15-16-17/h8-9H,3-7H2,1-2H3,(H,14,18)(H,19,20). The van der Waals surface area contributed by atoms with E-state index in [0.29, 0.717) is 12.2 Å². The maximum absolute atomic E-state index is 12.0. The normalized spacial score (nSPS) is 15.9. The zero-order chi connectivity index (χ0) is 14.7.